The lowest BCUT2D eigenvalue weighted by molar-refractivity contribution is -0.0406. The van der Waals surface area contributed by atoms with Crippen LogP contribution < -0.4 is 5.32 Å². The van der Waals surface area contributed by atoms with Crippen LogP contribution in [0.5, 0.6) is 0 Å². The molecule has 0 aromatic heterocycles. The molecule has 0 radical (unpaired) electrons. The first-order valence-corrected chi connectivity index (χ1v) is 8.80. The Balaban J connectivity index is 1.92. The van der Waals surface area contributed by atoms with Crippen molar-refractivity contribution < 1.29 is 9.53 Å². The van der Waals surface area contributed by atoms with Crippen molar-refractivity contribution in [1.29, 1.82) is 0 Å². The van der Waals surface area contributed by atoms with Gasteiger partial charge in [0.15, 0.2) is 0 Å². The second kappa shape index (κ2) is 9.16. The highest BCUT2D eigenvalue weighted by Crippen LogP contribution is 2.13. The summed E-state index contributed by atoms with van der Waals surface area (Å²) in [5.41, 5.74) is 1.92. The number of carbonyl (C=O) groups is 1. The number of likely N-dealkylation sites (N-methyl/N-ethyl adjacent to an activating group) is 1. The molecule has 0 unspecified atom stereocenters. The van der Waals surface area contributed by atoms with Gasteiger partial charge in [-0.25, -0.2) is 0 Å². The first-order chi connectivity index (χ1) is 11.4. The van der Waals surface area contributed by atoms with Gasteiger partial charge in [0.05, 0.1) is 12.7 Å². The molecular formula is C19H31N3O2. The van der Waals surface area contributed by atoms with Crippen molar-refractivity contribution in [3.63, 3.8) is 0 Å². The highest BCUT2D eigenvalue weighted by molar-refractivity contribution is 5.94. The van der Waals surface area contributed by atoms with Gasteiger partial charge in [0, 0.05) is 38.3 Å². The van der Waals surface area contributed by atoms with Crippen LogP contribution in [-0.4, -0.2) is 68.7 Å². The van der Waals surface area contributed by atoms with Gasteiger partial charge in [-0.1, -0.05) is 26.0 Å². The van der Waals surface area contributed by atoms with Gasteiger partial charge in [0.2, 0.25) is 0 Å². The second-order valence-electron chi connectivity index (χ2n) is 7.29. The number of hydrogen-bond acceptors (Lipinski definition) is 4. The van der Waals surface area contributed by atoms with Gasteiger partial charge in [-0.3, -0.25) is 9.69 Å². The largest absolute Gasteiger partial charge is 0.374 e. The Morgan fingerprint density at radius 1 is 1.42 bits per heavy atom. The van der Waals surface area contributed by atoms with E-state index in [1.807, 2.05) is 18.2 Å². The monoisotopic (exact) mass is 333 g/mol. The molecule has 5 nitrogen and oxygen atoms in total. The summed E-state index contributed by atoms with van der Waals surface area (Å²) in [7, 11) is 4.14. The van der Waals surface area contributed by atoms with Crippen molar-refractivity contribution in [1.82, 2.24) is 15.1 Å². The minimum atomic E-state index is 0.0120. The van der Waals surface area contributed by atoms with Gasteiger partial charge in [-0.15, -0.1) is 0 Å². The number of carbonyl (C=O) groups excluding carboxylic acids is 1. The summed E-state index contributed by atoms with van der Waals surface area (Å²) >= 11 is 0. The molecule has 1 amide bonds. The van der Waals surface area contributed by atoms with Crippen LogP contribution in [0.1, 0.15) is 29.8 Å². The first-order valence-electron chi connectivity index (χ1n) is 8.80. The van der Waals surface area contributed by atoms with Crippen LogP contribution in [0, 0.1) is 5.92 Å². The van der Waals surface area contributed by atoms with Crippen LogP contribution in [0.25, 0.3) is 0 Å². The molecule has 24 heavy (non-hydrogen) atoms. The summed E-state index contributed by atoms with van der Waals surface area (Å²) in [6.07, 6.45) is 0.256. The minimum Gasteiger partial charge on any atom is -0.374 e. The number of ether oxygens (including phenoxy) is 1. The predicted molar refractivity (Wildman–Crippen MR) is 97.2 cm³/mol. The van der Waals surface area contributed by atoms with Crippen LogP contribution in [0.4, 0.5) is 0 Å². The fraction of sp³-hybridized carbons (Fsp3) is 0.632. The van der Waals surface area contributed by atoms with Gasteiger partial charge >= 0.3 is 0 Å². The van der Waals surface area contributed by atoms with E-state index in [2.05, 4.69) is 49.1 Å². The normalized spacial score (nSPS) is 19.0. The zero-order valence-corrected chi connectivity index (χ0v) is 15.4. The predicted octanol–water partition coefficient (Wildman–Crippen LogP) is 1.83. The second-order valence-corrected chi connectivity index (χ2v) is 7.29. The molecule has 0 bridgehead atoms. The topological polar surface area (TPSA) is 44.8 Å². The SMILES string of the molecule is CC(C)CNC(=O)c1cccc(CN2CCO[C@H](CN(C)C)C2)c1. The fourth-order valence-electron chi connectivity index (χ4n) is 2.91. The van der Waals surface area contributed by atoms with E-state index in [1.54, 1.807) is 0 Å². The maximum Gasteiger partial charge on any atom is 0.251 e. The quantitative estimate of drug-likeness (QED) is 0.827. The van der Waals surface area contributed by atoms with E-state index in [9.17, 15) is 4.79 Å². The van der Waals surface area contributed by atoms with E-state index in [1.165, 1.54) is 5.56 Å². The van der Waals surface area contributed by atoms with Crippen LogP contribution in [-0.2, 0) is 11.3 Å². The van der Waals surface area contributed by atoms with Crippen LogP contribution in [0.3, 0.4) is 0 Å². The van der Waals surface area contributed by atoms with Gasteiger partial charge in [0.1, 0.15) is 0 Å². The molecule has 1 aliphatic rings. The summed E-state index contributed by atoms with van der Waals surface area (Å²) in [4.78, 5) is 16.8. The van der Waals surface area contributed by atoms with Crippen molar-refractivity contribution in [2.24, 2.45) is 5.92 Å². The van der Waals surface area contributed by atoms with Crippen LogP contribution in [0.2, 0.25) is 0 Å². The van der Waals surface area contributed by atoms with E-state index >= 15 is 0 Å². The fourth-order valence-corrected chi connectivity index (χ4v) is 2.91. The number of benzene rings is 1. The number of nitrogens with one attached hydrogen (secondary N) is 1. The van der Waals surface area contributed by atoms with Gasteiger partial charge in [-0.05, 0) is 37.7 Å². The number of morpholine rings is 1. The summed E-state index contributed by atoms with van der Waals surface area (Å²) < 4.78 is 5.83. The first kappa shape index (κ1) is 18.9. The average molecular weight is 333 g/mol. The summed E-state index contributed by atoms with van der Waals surface area (Å²) in [5.74, 6) is 0.470. The number of nitrogens with zero attached hydrogens (tertiary/aromatic N) is 2. The van der Waals surface area contributed by atoms with Gasteiger partial charge in [0.25, 0.3) is 5.91 Å². The lowest BCUT2D eigenvalue weighted by Crippen LogP contribution is -2.45. The van der Waals surface area contributed by atoms with Crippen molar-refractivity contribution in [3.05, 3.63) is 35.4 Å². The molecule has 1 fully saturated rings. The Hall–Kier alpha value is -1.43. The zero-order chi connectivity index (χ0) is 17.5. The standard InChI is InChI=1S/C19H31N3O2/c1-15(2)11-20-19(23)17-7-5-6-16(10-17)12-22-8-9-24-18(14-22)13-21(3)4/h5-7,10,15,18H,8-9,11-14H2,1-4H3,(H,20,23)/t18-/m1/s1. The maximum absolute atomic E-state index is 12.2. The summed E-state index contributed by atoms with van der Waals surface area (Å²) in [5, 5.41) is 2.98. The van der Waals surface area contributed by atoms with Crippen molar-refractivity contribution in [3.8, 4) is 0 Å². The minimum absolute atomic E-state index is 0.0120. The third kappa shape index (κ3) is 6.23. The summed E-state index contributed by atoms with van der Waals surface area (Å²) in [6, 6.07) is 7.95. The average Bonchev–Trinajstić information content (AvgIpc) is 2.52. The Kier molecular flexibility index (Phi) is 7.21. The van der Waals surface area contributed by atoms with Crippen molar-refractivity contribution >= 4 is 5.91 Å². The maximum atomic E-state index is 12.2. The molecule has 134 valence electrons. The Morgan fingerprint density at radius 2 is 2.21 bits per heavy atom. The molecule has 1 aromatic rings. The molecule has 1 heterocycles. The smallest absolute Gasteiger partial charge is 0.251 e. The lowest BCUT2D eigenvalue weighted by atomic mass is 10.1. The Bertz CT molecular complexity index is 531. The molecule has 5 heteroatoms. The van der Waals surface area contributed by atoms with E-state index < -0.39 is 0 Å². The lowest BCUT2D eigenvalue weighted by Gasteiger charge is -2.34. The van der Waals surface area contributed by atoms with E-state index in [0.29, 0.717) is 12.5 Å². The summed E-state index contributed by atoms with van der Waals surface area (Å²) in [6.45, 7) is 9.34. The zero-order valence-electron chi connectivity index (χ0n) is 15.4. The van der Waals surface area contributed by atoms with Crippen molar-refractivity contribution in [2.75, 3.05) is 46.9 Å². The third-order valence-corrected chi connectivity index (χ3v) is 4.06. The molecule has 1 N–H and O–H groups in total. The number of rotatable bonds is 7. The molecule has 1 aromatic carbocycles. The van der Waals surface area contributed by atoms with Gasteiger partial charge in [-0.2, -0.15) is 0 Å². The van der Waals surface area contributed by atoms with E-state index in [-0.39, 0.29) is 12.0 Å². The van der Waals surface area contributed by atoms with Crippen LogP contribution >= 0.6 is 0 Å². The highest BCUT2D eigenvalue weighted by atomic mass is 16.5. The number of amides is 1. The molecule has 1 aliphatic heterocycles. The molecule has 2 rings (SSSR count). The van der Waals surface area contributed by atoms with E-state index in [4.69, 9.17) is 4.74 Å². The third-order valence-electron chi connectivity index (χ3n) is 4.06. The van der Waals surface area contributed by atoms with E-state index in [0.717, 1.165) is 38.3 Å². The molecular weight excluding hydrogens is 302 g/mol. The van der Waals surface area contributed by atoms with Crippen LogP contribution in [0.15, 0.2) is 24.3 Å². The molecule has 1 saturated heterocycles. The van der Waals surface area contributed by atoms with Gasteiger partial charge < -0.3 is 15.0 Å². The Morgan fingerprint density at radius 3 is 2.92 bits per heavy atom. The molecule has 0 spiro atoms. The highest BCUT2D eigenvalue weighted by Gasteiger charge is 2.21. The number of hydrogen-bond donors (Lipinski definition) is 1. The molecule has 1 atom stereocenters. The molecule has 0 saturated carbocycles. The molecule has 0 aliphatic carbocycles. The van der Waals surface area contributed by atoms with Crippen molar-refractivity contribution in [2.45, 2.75) is 26.5 Å². The Labute approximate surface area is 146 Å².